The molecule has 1 aromatic carbocycles. The van der Waals surface area contributed by atoms with E-state index in [1.807, 2.05) is 0 Å². The number of esters is 1. The lowest BCUT2D eigenvalue weighted by atomic mass is 10.0. The Morgan fingerprint density at radius 1 is 1.18 bits per heavy atom. The van der Waals surface area contributed by atoms with Gasteiger partial charge in [0.05, 0.1) is 19.8 Å². The van der Waals surface area contributed by atoms with Gasteiger partial charge in [-0.05, 0) is 30.3 Å². The van der Waals surface area contributed by atoms with Crippen LogP contribution in [0.2, 0.25) is 0 Å². The smallest absolute Gasteiger partial charge is 0.338 e. The molecule has 0 atom stereocenters. The van der Waals surface area contributed by atoms with Crippen molar-refractivity contribution in [2.45, 2.75) is 0 Å². The molecule has 0 saturated heterocycles. The van der Waals surface area contributed by atoms with Gasteiger partial charge >= 0.3 is 5.97 Å². The van der Waals surface area contributed by atoms with Gasteiger partial charge in [-0.15, -0.1) is 0 Å². The van der Waals surface area contributed by atoms with Crippen molar-refractivity contribution in [3.8, 4) is 22.8 Å². The minimum absolute atomic E-state index is 0.0857. The van der Waals surface area contributed by atoms with Gasteiger partial charge in [0.25, 0.3) is 0 Å². The molecule has 22 heavy (non-hydrogen) atoms. The van der Waals surface area contributed by atoms with Crippen LogP contribution in [-0.2, 0) is 9.47 Å². The molecule has 0 spiro atoms. The molecule has 2 aromatic rings. The van der Waals surface area contributed by atoms with Crippen molar-refractivity contribution in [1.82, 2.24) is 4.98 Å². The van der Waals surface area contributed by atoms with Crippen molar-refractivity contribution in [3.05, 3.63) is 42.1 Å². The first kappa shape index (κ1) is 15.8. The van der Waals surface area contributed by atoms with Gasteiger partial charge in [0.2, 0.25) is 0 Å². The van der Waals surface area contributed by atoms with Gasteiger partial charge in [0, 0.05) is 18.9 Å². The molecule has 0 unspecified atom stereocenters. The first-order valence-electron chi connectivity index (χ1n) is 6.54. The van der Waals surface area contributed by atoms with E-state index in [1.54, 1.807) is 36.5 Å². The van der Waals surface area contributed by atoms with Crippen LogP contribution in [-0.4, -0.2) is 39.1 Å². The van der Waals surface area contributed by atoms with E-state index in [1.165, 1.54) is 21.3 Å². The highest BCUT2D eigenvalue weighted by Crippen LogP contribution is 2.32. The van der Waals surface area contributed by atoms with Crippen LogP contribution in [0, 0.1) is 0 Å². The molecule has 0 radical (unpaired) electrons. The van der Waals surface area contributed by atoms with Crippen molar-refractivity contribution in [2.24, 2.45) is 0 Å². The van der Waals surface area contributed by atoms with E-state index in [9.17, 15) is 4.79 Å². The van der Waals surface area contributed by atoms with Gasteiger partial charge in [-0.2, -0.15) is 0 Å². The molecule has 6 heteroatoms. The van der Waals surface area contributed by atoms with Gasteiger partial charge in [-0.25, -0.2) is 4.79 Å². The number of aromatic nitrogens is 1. The summed E-state index contributed by atoms with van der Waals surface area (Å²) in [6.07, 6.45) is 1.63. The Bertz CT molecular complexity index is 657. The lowest BCUT2D eigenvalue weighted by Crippen LogP contribution is -2.06. The Morgan fingerprint density at radius 3 is 2.68 bits per heavy atom. The molecule has 1 heterocycles. The van der Waals surface area contributed by atoms with Crippen LogP contribution < -0.4 is 9.47 Å². The average molecular weight is 303 g/mol. The fraction of sp³-hybridized carbons (Fsp3) is 0.250. The highest BCUT2D eigenvalue weighted by atomic mass is 16.7. The highest BCUT2D eigenvalue weighted by molar-refractivity contribution is 5.98. The van der Waals surface area contributed by atoms with Crippen molar-refractivity contribution in [3.63, 3.8) is 0 Å². The second kappa shape index (κ2) is 7.42. The van der Waals surface area contributed by atoms with E-state index in [0.717, 1.165) is 0 Å². The number of pyridine rings is 1. The minimum atomic E-state index is -0.475. The average Bonchev–Trinajstić information content (AvgIpc) is 2.59. The lowest BCUT2D eigenvalue weighted by Gasteiger charge is -2.13. The largest absolute Gasteiger partial charge is 0.497 e. The Kier molecular flexibility index (Phi) is 5.32. The summed E-state index contributed by atoms with van der Waals surface area (Å²) in [5.41, 5.74) is 1.48. The summed E-state index contributed by atoms with van der Waals surface area (Å²) in [5.74, 6) is 0.594. The summed E-state index contributed by atoms with van der Waals surface area (Å²) in [4.78, 5) is 16.3. The minimum Gasteiger partial charge on any atom is -0.497 e. The predicted octanol–water partition coefficient (Wildman–Crippen LogP) is 2.53. The quantitative estimate of drug-likeness (QED) is 0.603. The van der Waals surface area contributed by atoms with Crippen LogP contribution >= 0.6 is 0 Å². The Labute approximate surface area is 128 Å². The number of rotatable bonds is 6. The molecule has 6 nitrogen and oxygen atoms in total. The molecule has 0 aliphatic rings. The maximum atomic E-state index is 12.0. The normalized spacial score (nSPS) is 10.1. The molecule has 0 amide bonds. The van der Waals surface area contributed by atoms with Gasteiger partial charge in [-0.3, -0.25) is 4.98 Å². The van der Waals surface area contributed by atoms with E-state index in [2.05, 4.69) is 4.98 Å². The Morgan fingerprint density at radius 2 is 2.00 bits per heavy atom. The zero-order chi connectivity index (χ0) is 15.9. The second-order valence-corrected chi connectivity index (χ2v) is 4.30. The molecule has 0 bridgehead atoms. The second-order valence-electron chi connectivity index (χ2n) is 4.30. The van der Waals surface area contributed by atoms with Gasteiger partial charge in [-0.1, -0.05) is 0 Å². The summed E-state index contributed by atoms with van der Waals surface area (Å²) >= 11 is 0. The summed E-state index contributed by atoms with van der Waals surface area (Å²) in [6, 6.07) is 8.60. The molecule has 116 valence electrons. The molecular weight excluding hydrogens is 286 g/mol. The number of methoxy groups -OCH3 is 3. The van der Waals surface area contributed by atoms with Crippen molar-refractivity contribution in [1.29, 1.82) is 0 Å². The number of hydrogen-bond acceptors (Lipinski definition) is 6. The molecule has 0 aliphatic heterocycles. The van der Waals surface area contributed by atoms with Crippen LogP contribution in [0.15, 0.2) is 36.5 Å². The van der Waals surface area contributed by atoms with Gasteiger partial charge in [0.1, 0.15) is 17.2 Å². The zero-order valence-electron chi connectivity index (χ0n) is 12.7. The third kappa shape index (κ3) is 3.35. The Hall–Kier alpha value is -2.60. The van der Waals surface area contributed by atoms with E-state index in [-0.39, 0.29) is 6.79 Å². The van der Waals surface area contributed by atoms with E-state index in [0.29, 0.717) is 28.3 Å². The third-order valence-electron chi connectivity index (χ3n) is 2.99. The summed E-state index contributed by atoms with van der Waals surface area (Å²) < 4.78 is 20.4. The maximum absolute atomic E-state index is 12.0. The van der Waals surface area contributed by atoms with E-state index in [4.69, 9.17) is 18.9 Å². The van der Waals surface area contributed by atoms with Crippen LogP contribution in [0.25, 0.3) is 11.3 Å². The topological polar surface area (TPSA) is 66.9 Å². The monoisotopic (exact) mass is 303 g/mol. The van der Waals surface area contributed by atoms with Crippen LogP contribution in [0.3, 0.4) is 0 Å². The standard InChI is InChI=1S/C16H17NO5/c1-19-10-22-14-5-4-8-17-15(14)12-7-6-11(20-2)9-13(12)16(18)21-3/h4-9H,10H2,1-3H3. The molecule has 0 fully saturated rings. The highest BCUT2D eigenvalue weighted by Gasteiger charge is 2.18. The van der Waals surface area contributed by atoms with Crippen molar-refractivity contribution in [2.75, 3.05) is 28.1 Å². The predicted molar refractivity (Wildman–Crippen MR) is 80.1 cm³/mol. The summed E-state index contributed by atoms with van der Waals surface area (Å²) in [7, 11) is 4.39. The maximum Gasteiger partial charge on any atom is 0.338 e. The summed E-state index contributed by atoms with van der Waals surface area (Å²) in [5, 5.41) is 0. The fourth-order valence-electron chi connectivity index (χ4n) is 1.97. The number of carbonyl (C=O) groups excluding carboxylic acids is 1. The van der Waals surface area contributed by atoms with Crippen LogP contribution in [0.4, 0.5) is 0 Å². The lowest BCUT2D eigenvalue weighted by molar-refractivity contribution is 0.0513. The zero-order valence-corrected chi connectivity index (χ0v) is 12.7. The number of ether oxygens (including phenoxy) is 4. The number of benzene rings is 1. The molecule has 0 saturated carbocycles. The van der Waals surface area contributed by atoms with Crippen LogP contribution in [0.1, 0.15) is 10.4 Å². The summed E-state index contributed by atoms with van der Waals surface area (Å²) in [6.45, 7) is 0.0857. The Balaban J connectivity index is 2.54. The van der Waals surface area contributed by atoms with Crippen molar-refractivity contribution >= 4 is 5.97 Å². The first-order chi connectivity index (χ1) is 10.7. The molecular formula is C16H17NO5. The van der Waals surface area contributed by atoms with E-state index < -0.39 is 5.97 Å². The SMILES string of the molecule is COCOc1cccnc1-c1ccc(OC)cc1C(=O)OC. The third-order valence-corrected chi connectivity index (χ3v) is 2.99. The number of carbonyl (C=O) groups is 1. The van der Waals surface area contributed by atoms with Gasteiger partial charge < -0.3 is 18.9 Å². The molecule has 2 rings (SSSR count). The van der Waals surface area contributed by atoms with Gasteiger partial charge in [0.15, 0.2) is 6.79 Å². The van der Waals surface area contributed by atoms with Crippen LogP contribution in [0.5, 0.6) is 11.5 Å². The molecule has 1 aromatic heterocycles. The molecule has 0 aliphatic carbocycles. The fourth-order valence-corrected chi connectivity index (χ4v) is 1.97. The number of hydrogen-bond donors (Lipinski definition) is 0. The van der Waals surface area contributed by atoms with E-state index >= 15 is 0 Å². The number of nitrogens with zero attached hydrogens (tertiary/aromatic N) is 1. The van der Waals surface area contributed by atoms with Crippen molar-refractivity contribution < 1.29 is 23.7 Å². The molecule has 0 N–H and O–H groups in total. The first-order valence-corrected chi connectivity index (χ1v) is 6.54.